The van der Waals surface area contributed by atoms with E-state index in [1.807, 2.05) is 17.5 Å². The maximum absolute atomic E-state index is 11.9. The van der Waals surface area contributed by atoms with E-state index >= 15 is 0 Å². The molecule has 1 aromatic heterocycles. The van der Waals surface area contributed by atoms with Crippen molar-refractivity contribution < 1.29 is 9.59 Å². The molecule has 3 N–H and O–H groups in total. The number of benzene rings is 1. The second kappa shape index (κ2) is 9.89. The number of thiocarbonyl (C=S) groups is 1. The van der Waals surface area contributed by atoms with Crippen LogP contribution in [0, 0.1) is 0 Å². The Hall–Kier alpha value is -1.64. The molecule has 0 spiro atoms. The summed E-state index contributed by atoms with van der Waals surface area (Å²) in [5.41, 5.74) is 5.32. The van der Waals surface area contributed by atoms with Crippen LogP contribution in [0.4, 0.5) is 0 Å². The summed E-state index contributed by atoms with van der Waals surface area (Å²) >= 11 is 24.3. The molecule has 2 rings (SSSR count). The van der Waals surface area contributed by atoms with Gasteiger partial charge in [-0.05, 0) is 41.9 Å². The number of hydrogen-bond acceptors (Lipinski definition) is 4. The Morgan fingerprint density at radius 1 is 1.15 bits per heavy atom. The van der Waals surface area contributed by atoms with Crippen LogP contribution in [0.15, 0.2) is 35.7 Å². The number of amides is 2. The van der Waals surface area contributed by atoms with Crippen molar-refractivity contribution in [2.24, 2.45) is 0 Å². The molecule has 0 aliphatic heterocycles. The zero-order valence-corrected chi connectivity index (χ0v) is 16.9. The second-order valence-corrected chi connectivity index (χ2v) is 7.56. The van der Waals surface area contributed by atoms with Crippen LogP contribution in [0.25, 0.3) is 6.08 Å². The first-order valence-corrected chi connectivity index (χ1v) is 9.52. The van der Waals surface area contributed by atoms with Crippen molar-refractivity contribution in [3.8, 4) is 0 Å². The number of hydrazine groups is 1. The van der Waals surface area contributed by atoms with Crippen LogP contribution in [0.2, 0.25) is 15.1 Å². The average Bonchev–Trinajstić information content (AvgIpc) is 3.04. The van der Waals surface area contributed by atoms with Crippen LogP contribution in [0.1, 0.15) is 10.4 Å². The SMILES string of the molecule is O=C(/C=C/c1c(Cl)cc(Cl)cc1Cl)NC(=S)NNC(=O)Cc1cccs1. The van der Waals surface area contributed by atoms with Gasteiger partial charge in [-0.15, -0.1) is 11.3 Å². The van der Waals surface area contributed by atoms with Gasteiger partial charge in [0, 0.05) is 21.5 Å². The summed E-state index contributed by atoms with van der Waals surface area (Å²) in [7, 11) is 0. The fraction of sp³-hybridized carbons (Fsp3) is 0.0625. The van der Waals surface area contributed by atoms with E-state index in [2.05, 4.69) is 16.2 Å². The van der Waals surface area contributed by atoms with Crippen molar-refractivity contribution in [1.29, 1.82) is 0 Å². The van der Waals surface area contributed by atoms with Crippen molar-refractivity contribution in [3.05, 3.63) is 61.2 Å². The van der Waals surface area contributed by atoms with Gasteiger partial charge in [0.2, 0.25) is 11.8 Å². The summed E-state index contributed by atoms with van der Waals surface area (Å²) in [5, 5.41) is 5.24. The fourth-order valence-electron chi connectivity index (χ4n) is 1.80. The molecule has 1 aromatic carbocycles. The fourth-order valence-corrected chi connectivity index (χ4v) is 3.60. The molecule has 0 bridgehead atoms. The maximum Gasteiger partial charge on any atom is 0.250 e. The number of rotatable bonds is 4. The van der Waals surface area contributed by atoms with Gasteiger partial charge < -0.3 is 0 Å². The molecule has 0 saturated carbocycles. The van der Waals surface area contributed by atoms with Gasteiger partial charge in [-0.3, -0.25) is 25.8 Å². The van der Waals surface area contributed by atoms with Crippen LogP contribution in [0.3, 0.4) is 0 Å². The van der Waals surface area contributed by atoms with Gasteiger partial charge in [0.05, 0.1) is 16.5 Å². The highest BCUT2D eigenvalue weighted by Gasteiger charge is 2.08. The van der Waals surface area contributed by atoms with E-state index in [0.717, 1.165) is 4.88 Å². The summed E-state index contributed by atoms with van der Waals surface area (Å²) in [6.45, 7) is 0. The van der Waals surface area contributed by atoms with Crippen LogP contribution in [-0.2, 0) is 16.0 Å². The van der Waals surface area contributed by atoms with Crippen LogP contribution >= 0.6 is 58.4 Å². The lowest BCUT2D eigenvalue weighted by Crippen LogP contribution is -2.48. The monoisotopic (exact) mass is 447 g/mol. The first kappa shape index (κ1) is 20.7. The normalized spacial score (nSPS) is 10.6. The number of halogens is 3. The molecule has 2 amide bonds. The standard InChI is InChI=1S/C16H12Cl3N3O2S2/c17-9-6-12(18)11(13(19)7-9)3-4-14(23)20-16(25)22-21-15(24)8-10-2-1-5-26-10/h1-7H,8H2,(H,21,24)(H2,20,22,23,25)/b4-3+. The molecule has 2 aromatic rings. The van der Waals surface area contributed by atoms with Crippen molar-refractivity contribution in [3.63, 3.8) is 0 Å². The van der Waals surface area contributed by atoms with E-state index in [0.29, 0.717) is 20.6 Å². The second-order valence-electron chi connectivity index (χ2n) is 4.86. The van der Waals surface area contributed by atoms with Crippen LogP contribution in [0.5, 0.6) is 0 Å². The smallest absolute Gasteiger partial charge is 0.250 e. The topological polar surface area (TPSA) is 70.2 Å². The average molecular weight is 449 g/mol. The molecular formula is C16H12Cl3N3O2S2. The van der Waals surface area contributed by atoms with Crippen LogP contribution < -0.4 is 16.2 Å². The van der Waals surface area contributed by atoms with E-state index in [1.165, 1.54) is 35.6 Å². The largest absolute Gasteiger partial charge is 0.298 e. The van der Waals surface area contributed by atoms with Crippen LogP contribution in [-0.4, -0.2) is 16.9 Å². The molecule has 0 aliphatic rings. The molecular weight excluding hydrogens is 437 g/mol. The number of nitrogens with one attached hydrogen (secondary N) is 3. The quantitative estimate of drug-likeness (QED) is 0.376. The highest BCUT2D eigenvalue weighted by molar-refractivity contribution is 7.80. The zero-order valence-electron chi connectivity index (χ0n) is 13.0. The van der Waals surface area contributed by atoms with E-state index in [9.17, 15) is 9.59 Å². The number of carbonyl (C=O) groups is 2. The molecule has 0 saturated heterocycles. The van der Waals surface area contributed by atoms with Gasteiger partial charge in [0.1, 0.15) is 0 Å². The summed E-state index contributed by atoms with van der Waals surface area (Å²) in [6, 6.07) is 6.74. The van der Waals surface area contributed by atoms with E-state index in [4.69, 9.17) is 47.0 Å². The van der Waals surface area contributed by atoms with E-state index < -0.39 is 5.91 Å². The molecule has 0 radical (unpaired) electrons. The third-order valence-corrected chi connectivity index (χ3v) is 4.84. The van der Waals surface area contributed by atoms with Gasteiger partial charge in [-0.2, -0.15) is 0 Å². The number of thiophene rings is 1. The summed E-state index contributed by atoms with van der Waals surface area (Å²) in [6.07, 6.45) is 2.87. The highest BCUT2D eigenvalue weighted by Crippen LogP contribution is 2.29. The van der Waals surface area contributed by atoms with Gasteiger partial charge in [0.15, 0.2) is 5.11 Å². The minimum atomic E-state index is -0.517. The molecule has 0 unspecified atom stereocenters. The van der Waals surface area contributed by atoms with Gasteiger partial charge in [0.25, 0.3) is 0 Å². The van der Waals surface area contributed by atoms with Crippen molar-refractivity contribution in [2.45, 2.75) is 6.42 Å². The van der Waals surface area contributed by atoms with Crippen molar-refractivity contribution >= 4 is 81.4 Å². The lowest BCUT2D eigenvalue weighted by Gasteiger charge is -2.09. The number of hydrogen-bond donors (Lipinski definition) is 3. The lowest BCUT2D eigenvalue weighted by atomic mass is 10.2. The Morgan fingerprint density at radius 2 is 1.85 bits per heavy atom. The highest BCUT2D eigenvalue weighted by atomic mass is 35.5. The predicted octanol–water partition coefficient (Wildman–Crippen LogP) is 3.99. The Balaban J connectivity index is 1.82. The maximum atomic E-state index is 11.9. The van der Waals surface area contributed by atoms with E-state index in [1.54, 1.807) is 0 Å². The molecule has 0 atom stereocenters. The first-order valence-electron chi connectivity index (χ1n) is 7.10. The lowest BCUT2D eigenvalue weighted by molar-refractivity contribution is -0.121. The molecule has 0 aliphatic carbocycles. The third kappa shape index (κ3) is 6.59. The Kier molecular flexibility index (Phi) is 7.86. The Labute approximate surface area is 174 Å². The first-order chi connectivity index (χ1) is 12.3. The molecule has 5 nitrogen and oxygen atoms in total. The third-order valence-electron chi connectivity index (χ3n) is 2.91. The minimum Gasteiger partial charge on any atom is -0.298 e. The van der Waals surface area contributed by atoms with Gasteiger partial charge >= 0.3 is 0 Å². The Bertz CT molecular complexity index is 831. The zero-order chi connectivity index (χ0) is 19.1. The van der Waals surface area contributed by atoms with Crippen molar-refractivity contribution in [1.82, 2.24) is 16.2 Å². The summed E-state index contributed by atoms with van der Waals surface area (Å²) in [5.74, 6) is -0.795. The predicted molar refractivity (Wildman–Crippen MR) is 111 cm³/mol. The molecule has 0 fully saturated rings. The minimum absolute atomic E-state index is 0.0486. The van der Waals surface area contributed by atoms with Crippen molar-refractivity contribution in [2.75, 3.05) is 0 Å². The van der Waals surface area contributed by atoms with Gasteiger partial charge in [-0.25, -0.2) is 0 Å². The summed E-state index contributed by atoms with van der Waals surface area (Å²) < 4.78 is 0. The molecule has 136 valence electrons. The molecule has 1 heterocycles. The van der Waals surface area contributed by atoms with E-state index in [-0.39, 0.29) is 17.4 Å². The molecule has 26 heavy (non-hydrogen) atoms. The van der Waals surface area contributed by atoms with Gasteiger partial charge in [-0.1, -0.05) is 40.9 Å². The Morgan fingerprint density at radius 3 is 2.46 bits per heavy atom. The number of carbonyl (C=O) groups excluding carboxylic acids is 2. The molecule has 10 heteroatoms. The summed E-state index contributed by atoms with van der Waals surface area (Å²) in [4.78, 5) is 24.5.